The summed E-state index contributed by atoms with van der Waals surface area (Å²) in [4.78, 5) is 12.3. The third kappa shape index (κ3) is 2.49. The molecule has 4 nitrogen and oxygen atoms in total. The molecule has 1 atom stereocenters. The number of hydrogen-bond acceptors (Lipinski definition) is 3. The number of hydrogen-bond donors (Lipinski definition) is 0. The minimum absolute atomic E-state index is 0.0663. The smallest absolute Gasteiger partial charge is 0.199 e. The molecule has 18 heavy (non-hydrogen) atoms. The van der Waals surface area contributed by atoms with Crippen LogP contribution in [0.2, 0.25) is 0 Å². The Kier molecular flexibility index (Phi) is 3.89. The average molecular weight is 244 g/mol. The Balaban J connectivity index is 2.25. The molecule has 2 rings (SSSR count). The quantitative estimate of drug-likeness (QED) is 0.759. The van der Waals surface area contributed by atoms with Crippen molar-refractivity contribution in [2.45, 2.75) is 19.6 Å². The normalized spacial score (nSPS) is 12.3. The largest absolute Gasteiger partial charge is 0.369 e. The first kappa shape index (κ1) is 12.5. The molecule has 0 aliphatic rings. The molecular formula is C14H16N2O2. The zero-order chi connectivity index (χ0) is 13.0. The van der Waals surface area contributed by atoms with E-state index in [4.69, 9.17) is 4.74 Å². The number of benzene rings is 1. The Morgan fingerprint density at radius 2 is 2.11 bits per heavy atom. The number of carbonyl (C=O) groups excluding carboxylic acids is 1. The topological polar surface area (TPSA) is 44.1 Å². The van der Waals surface area contributed by atoms with Crippen LogP contribution >= 0.6 is 0 Å². The van der Waals surface area contributed by atoms with Crippen LogP contribution in [0.25, 0.3) is 0 Å². The van der Waals surface area contributed by atoms with Crippen molar-refractivity contribution < 1.29 is 9.53 Å². The highest BCUT2D eigenvalue weighted by Gasteiger charge is 2.22. The van der Waals surface area contributed by atoms with Gasteiger partial charge >= 0.3 is 0 Å². The van der Waals surface area contributed by atoms with Crippen molar-refractivity contribution in [1.29, 1.82) is 0 Å². The van der Waals surface area contributed by atoms with E-state index >= 15 is 0 Å². The van der Waals surface area contributed by atoms with Crippen molar-refractivity contribution in [3.63, 3.8) is 0 Å². The standard InChI is InChI=1S/C14H16N2O2/c1-3-16-10-12(9-15-16)13(17)14(18-2)11-7-5-4-6-8-11/h4-10,14H,3H2,1-2H3. The van der Waals surface area contributed by atoms with Crippen LogP contribution in [-0.2, 0) is 11.3 Å². The molecule has 1 aromatic carbocycles. The summed E-state index contributed by atoms with van der Waals surface area (Å²) >= 11 is 0. The van der Waals surface area contributed by atoms with E-state index < -0.39 is 6.10 Å². The van der Waals surface area contributed by atoms with Crippen LogP contribution in [0.15, 0.2) is 42.7 Å². The van der Waals surface area contributed by atoms with Crippen LogP contribution in [0, 0.1) is 0 Å². The molecule has 1 aromatic heterocycles. The second-order valence-electron chi connectivity index (χ2n) is 3.98. The molecule has 0 saturated heterocycles. The van der Waals surface area contributed by atoms with E-state index in [2.05, 4.69) is 5.10 Å². The number of aryl methyl sites for hydroxylation is 1. The molecule has 0 bridgehead atoms. The highest BCUT2D eigenvalue weighted by Crippen LogP contribution is 2.21. The van der Waals surface area contributed by atoms with Crippen LogP contribution in [0.4, 0.5) is 0 Å². The van der Waals surface area contributed by atoms with E-state index in [0.29, 0.717) is 5.56 Å². The number of Topliss-reactive ketones (excluding diaryl/α,β-unsaturated/α-hetero) is 1. The number of ether oxygens (including phenoxy) is 1. The number of methoxy groups -OCH3 is 1. The lowest BCUT2D eigenvalue weighted by molar-refractivity contribution is 0.0604. The van der Waals surface area contributed by atoms with Crippen molar-refractivity contribution in [2.24, 2.45) is 0 Å². The fourth-order valence-electron chi connectivity index (χ4n) is 1.84. The maximum absolute atomic E-state index is 12.3. The third-order valence-electron chi connectivity index (χ3n) is 2.82. The first-order valence-corrected chi connectivity index (χ1v) is 5.90. The Bertz CT molecular complexity index is 520. The summed E-state index contributed by atoms with van der Waals surface area (Å²) in [5.41, 5.74) is 1.43. The van der Waals surface area contributed by atoms with Gasteiger partial charge in [-0.05, 0) is 12.5 Å². The lowest BCUT2D eigenvalue weighted by Gasteiger charge is -2.13. The van der Waals surface area contributed by atoms with E-state index in [9.17, 15) is 4.79 Å². The fraction of sp³-hybridized carbons (Fsp3) is 0.286. The minimum Gasteiger partial charge on any atom is -0.369 e. The summed E-state index contributed by atoms with van der Waals surface area (Å²) in [5, 5.41) is 4.11. The van der Waals surface area contributed by atoms with Gasteiger partial charge in [0.15, 0.2) is 5.78 Å². The van der Waals surface area contributed by atoms with Gasteiger partial charge in [0.05, 0.1) is 11.8 Å². The van der Waals surface area contributed by atoms with Crippen molar-refractivity contribution in [3.8, 4) is 0 Å². The number of aromatic nitrogens is 2. The van der Waals surface area contributed by atoms with Gasteiger partial charge in [0, 0.05) is 19.9 Å². The molecule has 0 amide bonds. The van der Waals surface area contributed by atoms with Crippen molar-refractivity contribution >= 4 is 5.78 Å². The molecule has 1 unspecified atom stereocenters. The van der Waals surface area contributed by atoms with Gasteiger partial charge in [0.1, 0.15) is 6.10 Å². The second kappa shape index (κ2) is 5.60. The summed E-state index contributed by atoms with van der Waals surface area (Å²) in [5.74, 6) is -0.0663. The van der Waals surface area contributed by atoms with Crippen LogP contribution < -0.4 is 0 Å². The zero-order valence-electron chi connectivity index (χ0n) is 10.5. The highest BCUT2D eigenvalue weighted by molar-refractivity contribution is 5.99. The van der Waals surface area contributed by atoms with Crippen molar-refractivity contribution in [2.75, 3.05) is 7.11 Å². The minimum atomic E-state index is -0.569. The molecule has 2 aromatic rings. The van der Waals surface area contributed by atoms with Gasteiger partial charge in [-0.2, -0.15) is 5.10 Å². The molecule has 94 valence electrons. The highest BCUT2D eigenvalue weighted by atomic mass is 16.5. The molecule has 0 radical (unpaired) electrons. The Hall–Kier alpha value is -1.94. The van der Waals surface area contributed by atoms with Crippen LogP contribution in [0.5, 0.6) is 0 Å². The predicted molar refractivity (Wildman–Crippen MR) is 68.4 cm³/mol. The van der Waals surface area contributed by atoms with Crippen molar-refractivity contribution in [1.82, 2.24) is 9.78 Å². The summed E-state index contributed by atoms with van der Waals surface area (Å²) in [6, 6.07) is 9.47. The maximum atomic E-state index is 12.3. The molecule has 0 saturated carbocycles. The first-order valence-electron chi connectivity index (χ1n) is 5.90. The summed E-state index contributed by atoms with van der Waals surface area (Å²) in [7, 11) is 1.54. The molecule has 0 aliphatic carbocycles. The molecule has 0 aliphatic heterocycles. The Labute approximate surface area is 106 Å². The first-order chi connectivity index (χ1) is 8.76. The molecule has 0 N–H and O–H groups in total. The average Bonchev–Trinajstić information content (AvgIpc) is 2.89. The maximum Gasteiger partial charge on any atom is 0.199 e. The molecule has 0 fully saturated rings. The second-order valence-corrected chi connectivity index (χ2v) is 3.98. The van der Waals surface area contributed by atoms with Gasteiger partial charge in [0.2, 0.25) is 0 Å². The van der Waals surface area contributed by atoms with Gasteiger partial charge in [-0.3, -0.25) is 9.48 Å². The van der Waals surface area contributed by atoms with Crippen LogP contribution in [0.1, 0.15) is 28.9 Å². The number of nitrogens with zero attached hydrogens (tertiary/aromatic N) is 2. The van der Waals surface area contributed by atoms with Crippen LogP contribution in [-0.4, -0.2) is 22.7 Å². The molecule has 0 spiro atoms. The zero-order valence-corrected chi connectivity index (χ0v) is 10.5. The SMILES string of the molecule is CCn1cc(C(=O)C(OC)c2ccccc2)cn1. The summed E-state index contributed by atoms with van der Waals surface area (Å²) < 4.78 is 7.04. The molecule has 1 heterocycles. The summed E-state index contributed by atoms with van der Waals surface area (Å²) in [6.45, 7) is 2.72. The summed E-state index contributed by atoms with van der Waals surface area (Å²) in [6.07, 6.45) is 2.76. The number of rotatable bonds is 5. The third-order valence-corrected chi connectivity index (χ3v) is 2.82. The number of carbonyl (C=O) groups is 1. The Morgan fingerprint density at radius 3 is 2.67 bits per heavy atom. The van der Waals surface area contributed by atoms with E-state index in [1.807, 2.05) is 37.3 Å². The number of ketones is 1. The monoisotopic (exact) mass is 244 g/mol. The van der Waals surface area contributed by atoms with Gasteiger partial charge in [-0.25, -0.2) is 0 Å². The lowest BCUT2D eigenvalue weighted by atomic mass is 10.0. The van der Waals surface area contributed by atoms with E-state index in [1.165, 1.54) is 0 Å². The lowest BCUT2D eigenvalue weighted by Crippen LogP contribution is -2.14. The van der Waals surface area contributed by atoms with Gasteiger partial charge in [-0.15, -0.1) is 0 Å². The fourth-order valence-corrected chi connectivity index (χ4v) is 1.84. The van der Waals surface area contributed by atoms with Gasteiger partial charge < -0.3 is 4.74 Å². The van der Waals surface area contributed by atoms with Gasteiger partial charge in [-0.1, -0.05) is 30.3 Å². The van der Waals surface area contributed by atoms with E-state index in [-0.39, 0.29) is 5.78 Å². The predicted octanol–water partition coefficient (Wildman–Crippen LogP) is 2.47. The Morgan fingerprint density at radius 1 is 1.39 bits per heavy atom. The van der Waals surface area contributed by atoms with E-state index in [1.54, 1.807) is 24.2 Å². The van der Waals surface area contributed by atoms with Crippen molar-refractivity contribution in [3.05, 3.63) is 53.9 Å². The molecular weight excluding hydrogens is 228 g/mol. The van der Waals surface area contributed by atoms with Crippen LogP contribution in [0.3, 0.4) is 0 Å². The van der Waals surface area contributed by atoms with Gasteiger partial charge in [0.25, 0.3) is 0 Å². The molecule has 4 heteroatoms. The van der Waals surface area contributed by atoms with E-state index in [0.717, 1.165) is 12.1 Å².